The van der Waals surface area contributed by atoms with Crippen LogP contribution in [0.1, 0.15) is 24.9 Å². The van der Waals surface area contributed by atoms with Crippen molar-refractivity contribution in [2.45, 2.75) is 31.3 Å². The lowest BCUT2D eigenvalue weighted by Gasteiger charge is -2.37. The van der Waals surface area contributed by atoms with Gasteiger partial charge >= 0.3 is 6.18 Å². The second-order valence-corrected chi connectivity index (χ2v) is 4.33. The maximum absolute atomic E-state index is 12.8. The van der Waals surface area contributed by atoms with Crippen molar-refractivity contribution in [2.24, 2.45) is 4.99 Å². The van der Waals surface area contributed by atoms with E-state index in [2.05, 4.69) is 4.99 Å². The Morgan fingerprint density at radius 2 is 1.94 bits per heavy atom. The van der Waals surface area contributed by atoms with Crippen LogP contribution in [0.4, 0.5) is 13.2 Å². The number of hydrogen-bond donors (Lipinski definition) is 2. The van der Waals surface area contributed by atoms with E-state index in [9.17, 15) is 18.3 Å². The van der Waals surface area contributed by atoms with Gasteiger partial charge in [0.25, 0.3) is 0 Å². The fourth-order valence-corrected chi connectivity index (χ4v) is 2.00. The number of alkyl halides is 3. The molecule has 0 unspecified atom stereocenters. The molecule has 1 aliphatic heterocycles. The van der Waals surface area contributed by atoms with Crippen LogP contribution in [0.3, 0.4) is 0 Å². The molecule has 1 aromatic rings. The van der Waals surface area contributed by atoms with E-state index < -0.39 is 24.4 Å². The Morgan fingerprint density at radius 1 is 1.33 bits per heavy atom. The molecule has 0 saturated carbocycles. The first-order chi connectivity index (χ1) is 8.32. The highest BCUT2D eigenvalue weighted by atomic mass is 19.4. The van der Waals surface area contributed by atoms with Gasteiger partial charge in [0.1, 0.15) is 0 Å². The summed E-state index contributed by atoms with van der Waals surface area (Å²) in [5.41, 5.74) is -2.26. The van der Waals surface area contributed by atoms with Gasteiger partial charge in [0.15, 0.2) is 0 Å². The number of amidine groups is 1. The van der Waals surface area contributed by atoms with Crippen LogP contribution in [0.2, 0.25) is 0 Å². The summed E-state index contributed by atoms with van der Waals surface area (Å²) < 4.78 is 38.5. The summed E-state index contributed by atoms with van der Waals surface area (Å²) in [6.45, 7) is 1.41. The van der Waals surface area contributed by atoms with E-state index in [0.29, 0.717) is 5.56 Å². The molecule has 0 fully saturated rings. The number of halogens is 3. The van der Waals surface area contributed by atoms with Crippen LogP contribution in [-0.2, 0) is 0 Å². The Morgan fingerprint density at radius 3 is 2.50 bits per heavy atom. The van der Waals surface area contributed by atoms with Gasteiger partial charge in [-0.05, 0) is 12.5 Å². The summed E-state index contributed by atoms with van der Waals surface area (Å²) in [6.07, 6.45) is -5.27. The smallest absolute Gasteiger partial charge is 0.363 e. The van der Waals surface area contributed by atoms with Crippen LogP contribution in [0.25, 0.3) is 0 Å². The molecule has 3 nitrogen and oxygen atoms in total. The van der Waals surface area contributed by atoms with Gasteiger partial charge < -0.3 is 10.4 Å². The highest BCUT2D eigenvalue weighted by Gasteiger charge is 2.56. The molecule has 1 heterocycles. The Labute approximate surface area is 102 Å². The SMILES string of the molecule is CC1=N[C@H](c2ccccc2)C[C@](O)(C(F)(F)F)N1. The van der Waals surface area contributed by atoms with Gasteiger partial charge in [-0.3, -0.25) is 4.99 Å². The van der Waals surface area contributed by atoms with Crippen molar-refractivity contribution in [3.8, 4) is 0 Å². The number of aliphatic hydroxyl groups is 1. The fraction of sp³-hybridized carbons (Fsp3) is 0.417. The Kier molecular flexibility index (Phi) is 3.06. The number of aliphatic imine (C=N–C) groups is 1. The van der Waals surface area contributed by atoms with Gasteiger partial charge in [0.05, 0.1) is 11.9 Å². The topological polar surface area (TPSA) is 44.6 Å². The van der Waals surface area contributed by atoms with E-state index in [0.717, 1.165) is 0 Å². The third kappa shape index (κ3) is 2.33. The summed E-state index contributed by atoms with van der Waals surface area (Å²) >= 11 is 0. The Balaban J connectivity index is 2.33. The second-order valence-electron chi connectivity index (χ2n) is 4.33. The molecule has 98 valence electrons. The van der Waals surface area contributed by atoms with E-state index in [4.69, 9.17) is 0 Å². The third-order valence-electron chi connectivity index (χ3n) is 2.88. The van der Waals surface area contributed by atoms with Crippen LogP contribution in [0.15, 0.2) is 35.3 Å². The number of benzene rings is 1. The molecule has 18 heavy (non-hydrogen) atoms. The summed E-state index contributed by atoms with van der Waals surface area (Å²) in [6, 6.07) is 7.94. The number of nitrogens with one attached hydrogen (secondary N) is 1. The van der Waals surface area contributed by atoms with E-state index in [-0.39, 0.29) is 5.84 Å². The first-order valence-electron chi connectivity index (χ1n) is 5.48. The van der Waals surface area contributed by atoms with Crippen molar-refractivity contribution < 1.29 is 18.3 Å². The first-order valence-corrected chi connectivity index (χ1v) is 5.48. The van der Waals surface area contributed by atoms with Gasteiger partial charge in [-0.25, -0.2) is 0 Å². The Hall–Kier alpha value is -1.56. The van der Waals surface area contributed by atoms with Crippen molar-refractivity contribution in [3.63, 3.8) is 0 Å². The molecule has 0 spiro atoms. The molecular formula is C12H13F3N2O. The molecule has 0 radical (unpaired) electrons. The quantitative estimate of drug-likeness (QED) is 0.812. The molecule has 0 bridgehead atoms. The van der Waals surface area contributed by atoms with E-state index >= 15 is 0 Å². The molecule has 0 amide bonds. The molecule has 1 aromatic carbocycles. The van der Waals surface area contributed by atoms with E-state index in [1.54, 1.807) is 30.3 Å². The van der Waals surface area contributed by atoms with Gasteiger partial charge in [0.2, 0.25) is 5.72 Å². The minimum absolute atomic E-state index is 0.0786. The van der Waals surface area contributed by atoms with Crippen LogP contribution < -0.4 is 5.32 Å². The van der Waals surface area contributed by atoms with Crippen LogP contribution in [-0.4, -0.2) is 22.8 Å². The molecule has 6 heteroatoms. The predicted molar refractivity (Wildman–Crippen MR) is 61.0 cm³/mol. The molecule has 2 atom stereocenters. The van der Waals surface area contributed by atoms with Gasteiger partial charge in [0, 0.05) is 6.42 Å². The van der Waals surface area contributed by atoms with Gasteiger partial charge in [-0.2, -0.15) is 13.2 Å². The fourth-order valence-electron chi connectivity index (χ4n) is 2.00. The van der Waals surface area contributed by atoms with Crippen molar-refractivity contribution in [3.05, 3.63) is 35.9 Å². The van der Waals surface area contributed by atoms with Crippen molar-refractivity contribution in [1.29, 1.82) is 0 Å². The average Bonchev–Trinajstić information content (AvgIpc) is 2.27. The highest BCUT2D eigenvalue weighted by Crippen LogP contribution is 2.39. The normalized spacial score (nSPS) is 28.5. The molecule has 0 aromatic heterocycles. The van der Waals surface area contributed by atoms with Crippen LogP contribution >= 0.6 is 0 Å². The van der Waals surface area contributed by atoms with E-state index in [1.165, 1.54) is 6.92 Å². The number of nitrogens with zero attached hydrogens (tertiary/aromatic N) is 1. The zero-order chi connectivity index (χ0) is 13.4. The van der Waals surface area contributed by atoms with Crippen molar-refractivity contribution in [2.75, 3.05) is 0 Å². The van der Waals surface area contributed by atoms with Crippen LogP contribution in [0.5, 0.6) is 0 Å². The van der Waals surface area contributed by atoms with Gasteiger partial charge in [-0.1, -0.05) is 30.3 Å². The predicted octanol–water partition coefficient (Wildman–Crippen LogP) is 2.39. The minimum Gasteiger partial charge on any atom is -0.363 e. The molecule has 1 aliphatic rings. The summed E-state index contributed by atoms with van der Waals surface area (Å²) in [5, 5.41) is 11.7. The standard InChI is InChI=1S/C12H13F3N2O/c1-8-16-10(9-5-3-2-4-6-9)7-11(18,17-8)12(13,14)15/h2-6,10,18H,7H2,1H3,(H,16,17)/t10-,11-/m0/s1. The average molecular weight is 258 g/mol. The molecule has 2 rings (SSSR count). The third-order valence-corrected chi connectivity index (χ3v) is 2.88. The summed E-state index contributed by atoms with van der Waals surface area (Å²) in [4.78, 5) is 4.11. The monoisotopic (exact) mass is 258 g/mol. The number of hydrogen-bond acceptors (Lipinski definition) is 3. The van der Waals surface area contributed by atoms with E-state index in [1.807, 2.05) is 5.32 Å². The molecule has 2 N–H and O–H groups in total. The first kappa shape index (κ1) is 12.9. The van der Waals surface area contributed by atoms with Crippen LogP contribution in [0, 0.1) is 0 Å². The molecule has 0 aliphatic carbocycles. The lowest BCUT2D eigenvalue weighted by Crippen LogP contribution is -2.60. The van der Waals surface area contributed by atoms with Crippen molar-refractivity contribution >= 4 is 5.84 Å². The second kappa shape index (κ2) is 4.28. The largest absolute Gasteiger partial charge is 0.436 e. The molecule has 0 saturated heterocycles. The highest BCUT2D eigenvalue weighted by molar-refractivity contribution is 5.81. The van der Waals surface area contributed by atoms with Gasteiger partial charge in [-0.15, -0.1) is 0 Å². The summed E-state index contributed by atoms with van der Waals surface area (Å²) in [5.74, 6) is 0.0786. The zero-order valence-corrected chi connectivity index (χ0v) is 9.70. The maximum Gasteiger partial charge on any atom is 0.436 e. The zero-order valence-electron chi connectivity index (χ0n) is 9.70. The Bertz CT molecular complexity index is 458. The lowest BCUT2D eigenvalue weighted by molar-refractivity contribution is -0.272. The lowest BCUT2D eigenvalue weighted by atomic mass is 9.95. The van der Waals surface area contributed by atoms with Crippen molar-refractivity contribution in [1.82, 2.24) is 5.32 Å². The summed E-state index contributed by atoms with van der Waals surface area (Å²) in [7, 11) is 0. The maximum atomic E-state index is 12.8. The minimum atomic E-state index is -4.74. The number of rotatable bonds is 1. The molecular weight excluding hydrogens is 245 g/mol.